The van der Waals surface area contributed by atoms with Gasteiger partial charge in [-0.05, 0) is 30.7 Å². The molecule has 0 aliphatic carbocycles. The van der Waals surface area contributed by atoms with Crippen molar-refractivity contribution >= 4 is 10.0 Å². The van der Waals surface area contributed by atoms with Crippen molar-refractivity contribution in [3.05, 3.63) is 47.8 Å². The van der Waals surface area contributed by atoms with Crippen LogP contribution in [0.2, 0.25) is 0 Å². The van der Waals surface area contributed by atoms with Gasteiger partial charge in [-0.1, -0.05) is 0 Å². The van der Waals surface area contributed by atoms with Crippen LogP contribution >= 0.6 is 0 Å². The molecule has 0 fully saturated rings. The Kier molecular flexibility index (Phi) is 4.20. The molecule has 108 valence electrons. The molecule has 0 radical (unpaired) electrons. The molecule has 0 spiro atoms. The minimum Gasteiger partial charge on any atom is -0.338 e. The van der Waals surface area contributed by atoms with E-state index in [1.54, 1.807) is 19.3 Å². The molecule has 0 atom stereocenters. The van der Waals surface area contributed by atoms with Gasteiger partial charge in [-0.15, -0.1) is 0 Å². The second kappa shape index (κ2) is 5.72. The lowest BCUT2D eigenvalue weighted by Crippen LogP contribution is -2.27. The quantitative estimate of drug-likeness (QED) is 0.907. The van der Waals surface area contributed by atoms with Gasteiger partial charge in [0.2, 0.25) is 10.0 Å². The van der Waals surface area contributed by atoms with Gasteiger partial charge in [0, 0.05) is 32.4 Å². The molecular weight excluding hydrogens is 281 g/mol. The van der Waals surface area contributed by atoms with Gasteiger partial charge >= 0.3 is 0 Å². The zero-order valence-electron chi connectivity index (χ0n) is 11.3. The Labute approximate surface area is 117 Å². The Morgan fingerprint density at radius 3 is 2.75 bits per heavy atom. The first-order valence-corrected chi connectivity index (χ1v) is 7.60. The standard InChI is InChI=1S/C13H16FN3O2S/c1-10-9-11(14)3-4-12(10)20(18,19)16-6-5-13-15-7-8-17(13)2/h3-4,7-9,16H,5-6H2,1-2H3. The van der Waals surface area contributed by atoms with Gasteiger partial charge < -0.3 is 4.57 Å². The highest BCUT2D eigenvalue weighted by Gasteiger charge is 2.16. The summed E-state index contributed by atoms with van der Waals surface area (Å²) in [6, 6.07) is 3.61. The fraction of sp³-hybridized carbons (Fsp3) is 0.308. The highest BCUT2D eigenvalue weighted by atomic mass is 32.2. The van der Waals surface area contributed by atoms with E-state index in [1.165, 1.54) is 12.1 Å². The van der Waals surface area contributed by atoms with Crippen LogP contribution in [-0.4, -0.2) is 24.5 Å². The minimum absolute atomic E-state index is 0.0961. The Balaban J connectivity index is 2.06. The van der Waals surface area contributed by atoms with Crippen molar-refractivity contribution in [2.45, 2.75) is 18.2 Å². The maximum Gasteiger partial charge on any atom is 0.240 e. The second-order valence-electron chi connectivity index (χ2n) is 4.51. The number of benzene rings is 1. The number of nitrogens with zero attached hydrogens (tertiary/aromatic N) is 2. The third-order valence-corrected chi connectivity index (χ3v) is 4.61. The minimum atomic E-state index is -3.63. The van der Waals surface area contributed by atoms with Crippen molar-refractivity contribution in [3.8, 4) is 0 Å². The lowest BCUT2D eigenvalue weighted by molar-refractivity contribution is 0.578. The first-order valence-electron chi connectivity index (χ1n) is 6.12. The molecule has 2 rings (SSSR count). The van der Waals surface area contributed by atoms with Gasteiger partial charge in [0.05, 0.1) is 4.90 Å². The molecule has 0 amide bonds. The lowest BCUT2D eigenvalue weighted by atomic mass is 10.2. The van der Waals surface area contributed by atoms with E-state index < -0.39 is 15.8 Å². The van der Waals surface area contributed by atoms with E-state index in [-0.39, 0.29) is 11.4 Å². The Hall–Kier alpha value is -1.73. The highest BCUT2D eigenvalue weighted by molar-refractivity contribution is 7.89. The molecule has 0 saturated carbocycles. The third kappa shape index (κ3) is 3.23. The average Bonchev–Trinajstić information content (AvgIpc) is 2.74. The number of rotatable bonds is 5. The molecular formula is C13H16FN3O2S. The number of aryl methyl sites for hydroxylation is 2. The molecule has 1 N–H and O–H groups in total. The molecule has 0 aliphatic rings. The van der Waals surface area contributed by atoms with Crippen LogP contribution in [0.3, 0.4) is 0 Å². The van der Waals surface area contributed by atoms with Crippen LogP contribution in [0.4, 0.5) is 4.39 Å². The first-order chi connectivity index (χ1) is 9.40. The second-order valence-corrected chi connectivity index (χ2v) is 6.25. The summed E-state index contributed by atoms with van der Waals surface area (Å²) < 4.78 is 41.6. The van der Waals surface area contributed by atoms with E-state index in [0.717, 1.165) is 11.9 Å². The molecule has 0 unspecified atom stereocenters. The number of sulfonamides is 1. The smallest absolute Gasteiger partial charge is 0.240 e. The van der Waals surface area contributed by atoms with Crippen LogP contribution in [0.15, 0.2) is 35.5 Å². The summed E-state index contributed by atoms with van der Waals surface area (Å²) in [7, 11) is -1.78. The Bertz CT molecular complexity index is 710. The molecule has 0 saturated heterocycles. The predicted octanol–water partition coefficient (Wildman–Crippen LogP) is 1.39. The van der Waals surface area contributed by atoms with E-state index in [2.05, 4.69) is 9.71 Å². The summed E-state index contributed by atoms with van der Waals surface area (Å²) in [4.78, 5) is 4.21. The highest BCUT2D eigenvalue weighted by Crippen LogP contribution is 2.15. The van der Waals surface area contributed by atoms with Gasteiger partial charge in [0.1, 0.15) is 11.6 Å². The van der Waals surface area contributed by atoms with Gasteiger partial charge in [-0.3, -0.25) is 0 Å². The molecule has 1 heterocycles. The summed E-state index contributed by atoms with van der Waals surface area (Å²) in [5.74, 6) is 0.345. The Morgan fingerprint density at radius 2 is 2.15 bits per heavy atom. The van der Waals surface area contributed by atoms with Crippen LogP contribution < -0.4 is 4.72 Å². The van der Waals surface area contributed by atoms with Gasteiger partial charge in [0.25, 0.3) is 0 Å². The topological polar surface area (TPSA) is 64.0 Å². The summed E-state index contributed by atoms with van der Waals surface area (Å²) in [5.41, 5.74) is 0.384. The predicted molar refractivity (Wildman–Crippen MR) is 73.2 cm³/mol. The van der Waals surface area contributed by atoms with Crippen molar-refractivity contribution in [1.82, 2.24) is 14.3 Å². The fourth-order valence-corrected chi connectivity index (χ4v) is 3.18. The van der Waals surface area contributed by atoms with Crippen LogP contribution in [-0.2, 0) is 23.5 Å². The lowest BCUT2D eigenvalue weighted by Gasteiger charge is -2.09. The molecule has 1 aromatic carbocycles. The molecule has 0 aliphatic heterocycles. The van der Waals surface area contributed by atoms with Crippen LogP contribution in [0.5, 0.6) is 0 Å². The summed E-state index contributed by atoms with van der Waals surface area (Å²) in [5, 5.41) is 0. The summed E-state index contributed by atoms with van der Waals surface area (Å²) in [6.45, 7) is 1.81. The van der Waals surface area contributed by atoms with E-state index in [4.69, 9.17) is 0 Å². The van der Waals surface area contributed by atoms with E-state index in [0.29, 0.717) is 12.0 Å². The summed E-state index contributed by atoms with van der Waals surface area (Å²) in [6.07, 6.45) is 3.95. The van der Waals surface area contributed by atoms with Crippen molar-refractivity contribution < 1.29 is 12.8 Å². The average molecular weight is 297 g/mol. The maximum absolute atomic E-state index is 13.0. The number of nitrogens with one attached hydrogen (secondary N) is 1. The monoisotopic (exact) mass is 297 g/mol. The maximum atomic E-state index is 13.0. The number of aromatic nitrogens is 2. The largest absolute Gasteiger partial charge is 0.338 e. The normalized spacial score (nSPS) is 11.8. The molecule has 0 bridgehead atoms. The third-order valence-electron chi connectivity index (χ3n) is 2.99. The number of hydrogen-bond donors (Lipinski definition) is 1. The molecule has 2 aromatic rings. The zero-order valence-corrected chi connectivity index (χ0v) is 12.1. The molecule has 5 nitrogen and oxygen atoms in total. The van der Waals surface area contributed by atoms with Gasteiger partial charge in [-0.2, -0.15) is 0 Å². The molecule has 7 heteroatoms. The fourth-order valence-electron chi connectivity index (χ4n) is 1.93. The van der Waals surface area contributed by atoms with Crippen molar-refractivity contribution in [2.24, 2.45) is 7.05 Å². The van der Waals surface area contributed by atoms with E-state index in [9.17, 15) is 12.8 Å². The van der Waals surface area contributed by atoms with Crippen molar-refractivity contribution in [1.29, 1.82) is 0 Å². The summed E-state index contributed by atoms with van der Waals surface area (Å²) >= 11 is 0. The zero-order chi connectivity index (χ0) is 14.8. The van der Waals surface area contributed by atoms with Crippen LogP contribution in [0.25, 0.3) is 0 Å². The van der Waals surface area contributed by atoms with Gasteiger partial charge in [0.15, 0.2) is 0 Å². The number of halogens is 1. The van der Waals surface area contributed by atoms with E-state index in [1.807, 2.05) is 11.6 Å². The van der Waals surface area contributed by atoms with Crippen LogP contribution in [0.1, 0.15) is 11.4 Å². The number of hydrogen-bond acceptors (Lipinski definition) is 3. The molecule has 1 aromatic heterocycles. The number of imidazole rings is 1. The van der Waals surface area contributed by atoms with Crippen molar-refractivity contribution in [2.75, 3.05) is 6.54 Å². The van der Waals surface area contributed by atoms with Crippen molar-refractivity contribution in [3.63, 3.8) is 0 Å². The van der Waals surface area contributed by atoms with Gasteiger partial charge in [-0.25, -0.2) is 22.5 Å². The van der Waals surface area contributed by atoms with Crippen LogP contribution in [0, 0.1) is 12.7 Å². The molecule has 20 heavy (non-hydrogen) atoms. The van der Waals surface area contributed by atoms with E-state index >= 15 is 0 Å². The first kappa shape index (κ1) is 14.7. The SMILES string of the molecule is Cc1cc(F)ccc1S(=O)(=O)NCCc1nccn1C. The Morgan fingerprint density at radius 1 is 1.40 bits per heavy atom.